The zero-order chi connectivity index (χ0) is 15.7. The van der Waals surface area contributed by atoms with E-state index in [0.717, 1.165) is 0 Å². The summed E-state index contributed by atoms with van der Waals surface area (Å²) in [6.07, 6.45) is 0. The summed E-state index contributed by atoms with van der Waals surface area (Å²) in [5.74, 6) is 0. The maximum Gasteiger partial charge on any atom is -0.0154 e. The van der Waals surface area contributed by atoms with Gasteiger partial charge in [0, 0.05) is 0 Å². The van der Waals surface area contributed by atoms with E-state index in [4.69, 9.17) is 0 Å². The Kier molecular flexibility index (Phi) is 4.14. The first-order valence-electron chi connectivity index (χ1n) is 7.59. The number of hydrogen-bond acceptors (Lipinski definition) is 0. The van der Waals surface area contributed by atoms with E-state index in [9.17, 15) is 0 Å². The van der Waals surface area contributed by atoms with Gasteiger partial charge in [0.05, 0.1) is 0 Å². The summed E-state index contributed by atoms with van der Waals surface area (Å²) in [5, 5.41) is 1.23. The van der Waals surface area contributed by atoms with Crippen LogP contribution in [0.2, 0.25) is 0 Å². The molecule has 1 unspecified atom stereocenters. The quantitative estimate of drug-likeness (QED) is 0.553. The van der Waals surface area contributed by atoms with Crippen LogP contribution in [0.3, 0.4) is 0 Å². The minimum atomic E-state index is 1.23. The number of benzene rings is 3. The molecule has 0 saturated carbocycles. The van der Waals surface area contributed by atoms with Crippen molar-refractivity contribution in [2.75, 3.05) is 0 Å². The third-order valence-corrected chi connectivity index (χ3v) is 4.48. The molecule has 0 aliphatic carbocycles. The van der Waals surface area contributed by atoms with Gasteiger partial charge in [0.15, 0.2) is 0 Å². The van der Waals surface area contributed by atoms with Crippen LogP contribution in [0.5, 0.6) is 0 Å². The van der Waals surface area contributed by atoms with Gasteiger partial charge < -0.3 is 0 Å². The van der Waals surface area contributed by atoms with Crippen LogP contribution in [-0.4, -0.2) is 0 Å². The standard InChI is InChI=1S/C21H21P/c1-14-7-9-20(15(2)11-14)17-5-4-6-18(13-17)21-10-8-19(22)12-16(21)3/h4-13H,22H2,1-3H3. The summed E-state index contributed by atoms with van der Waals surface area (Å²) in [6.45, 7) is 6.50. The van der Waals surface area contributed by atoms with Crippen molar-refractivity contribution < 1.29 is 0 Å². The topological polar surface area (TPSA) is 0 Å². The molecule has 0 bridgehead atoms. The van der Waals surface area contributed by atoms with Crippen molar-refractivity contribution in [3.05, 3.63) is 77.4 Å². The minimum Gasteiger partial charge on any atom is -0.106 e. The van der Waals surface area contributed by atoms with Gasteiger partial charge in [-0.15, -0.1) is 9.24 Å². The second-order valence-electron chi connectivity index (χ2n) is 5.97. The van der Waals surface area contributed by atoms with Crippen LogP contribution in [0.1, 0.15) is 16.7 Å². The molecule has 3 aromatic rings. The SMILES string of the molecule is Cc1ccc(-c2cccc(-c3ccc(P)cc3C)c2)c(C)c1. The maximum atomic E-state index is 2.76. The van der Waals surface area contributed by atoms with E-state index in [2.05, 4.69) is 90.7 Å². The van der Waals surface area contributed by atoms with Gasteiger partial charge in [-0.3, -0.25) is 0 Å². The summed E-state index contributed by atoms with van der Waals surface area (Å²) >= 11 is 0. The predicted molar refractivity (Wildman–Crippen MR) is 101 cm³/mol. The number of rotatable bonds is 2. The first-order chi connectivity index (χ1) is 10.5. The maximum absolute atomic E-state index is 2.76. The molecule has 0 spiro atoms. The molecule has 0 aliphatic heterocycles. The van der Waals surface area contributed by atoms with Gasteiger partial charge in [0.1, 0.15) is 0 Å². The average Bonchev–Trinajstić information content (AvgIpc) is 2.47. The Hall–Kier alpha value is -1.91. The molecule has 0 heterocycles. The summed E-state index contributed by atoms with van der Waals surface area (Å²) < 4.78 is 0. The number of aryl methyl sites for hydroxylation is 3. The molecular weight excluding hydrogens is 283 g/mol. The highest BCUT2D eigenvalue weighted by molar-refractivity contribution is 7.27. The Morgan fingerprint density at radius 1 is 0.636 bits per heavy atom. The molecule has 0 aromatic heterocycles. The molecule has 0 aliphatic rings. The molecule has 22 heavy (non-hydrogen) atoms. The van der Waals surface area contributed by atoms with Gasteiger partial charge in [-0.25, -0.2) is 0 Å². The van der Waals surface area contributed by atoms with Crippen LogP contribution in [-0.2, 0) is 0 Å². The van der Waals surface area contributed by atoms with Gasteiger partial charge in [-0.05, 0) is 65.5 Å². The van der Waals surface area contributed by atoms with Gasteiger partial charge in [-0.2, -0.15) is 0 Å². The summed E-state index contributed by atoms with van der Waals surface area (Å²) in [5.41, 5.74) is 9.12. The lowest BCUT2D eigenvalue weighted by Gasteiger charge is -2.11. The van der Waals surface area contributed by atoms with Gasteiger partial charge in [0.25, 0.3) is 0 Å². The molecule has 1 heteroatoms. The monoisotopic (exact) mass is 304 g/mol. The van der Waals surface area contributed by atoms with Crippen molar-refractivity contribution in [1.82, 2.24) is 0 Å². The van der Waals surface area contributed by atoms with E-state index >= 15 is 0 Å². The van der Waals surface area contributed by atoms with Crippen molar-refractivity contribution in [2.24, 2.45) is 0 Å². The molecule has 1 atom stereocenters. The van der Waals surface area contributed by atoms with Crippen LogP contribution in [0.4, 0.5) is 0 Å². The molecule has 0 fully saturated rings. The third-order valence-electron chi connectivity index (χ3n) is 4.12. The Bertz CT molecular complexity index is 764. The molecule has 0 amide bonds. The fraction of sp³-hybridized carbons (Fsp3) is 0.143. The molecule has 3 aromatic carbocycles. The van der Waals surface area contributed by atoms with Crippen molar-refractivity contribution in [2.45, 2.75) is 20.8 Å². The average molecular weight is 304 g/mol. The highest BCUT2D eigenvalue weighted by Crippen LogP contribution is 2.30. The van der Waals surface area contributed by atoms with Gasteiger partial charge >= 0.3 is 0 Å². The summed E-state index contributed by atoms with van der Waals surface area (Å²) in [4.78, 5) is 0. The molecule has 0 radical (unpaired) electrons. The largest absolute Gasteiger partial charge is 0.106 e. The fourth-order valence-corrected chi connectivity index (χ4v) is 3.35. The number of hydrogen-bond donors (Lipinski definition) is 0. The summed E-state index contributed by atoms with van der Waals surface area (Å²) in [6, 6.07) is 22.1. The van der Waals surface area contributed by atoms with Crippen LogP contribution in [0.25, 0.3) is 22.3 Å². The molecule has 110 valence electrons. The first kappa shape index (κ1) is 15.0. The van der Waals surface area contributed by atoms with Gasteiger partial charge in [0.2, 0.25) is 0 Å². The van der Waals surface area contributed by atoms with E-state index < -0.39 is 0 Å². The van der Waals surface area contributed by atoms with Crippen molar-refractivity contribution in [1.29, 1.82) is 0 Å². The lowest BCUT2D eigenvalue weighted by atomic mass is 9.94. The van der Waals surface area contributed by atoms with E-state index in [1.807, 2.05) is 0 Å². The predicted octanol–water partition coefficient (Wildman–Crippen LogP) is 5.45. The Morgan fingerprint density at radius 3 is 1.82 bits per heavy atom. The molecule has 3 rings (SSSR count). The van der Waals surface area contributed by atoms with Crippen LogP contribution < -0.4 is 5.30 Å². The van der Waals surface area contributed by atoms with Crippen molar-refractivity contribution in [3.8, 4) is 22.3 Å². The minimum absolute atomic E-state index is 1.23. The van der Waals surface area contributed by atoms with Crippen LogP contribution in [0, 0.1) is 20.8 Å². The molecule has 0 nitrogen and oxygen atoms in total. The lowest BCUT2D eigenvalue weighted by molar-refractivity contribution is 1.38. The zero-order valence-electron chi connectivity index (χ0n) is 13.4. The normalized spacial score (nSPS) is 10.7. The lowest BCUT2D eigenvalue weighted by Crippen LogP contribution is -1.93. The van der Waals surface area contributed by atoms with Crippen LogP contribution in [0.15, 0.2) is 60.7 Å². The van der Waals surface area contributed by atoms with Gasteiger partial charge in [-0.1, -0.05) is 60.2 Å². The Labute approximate surface area is 135 Å². The Balaban J connectivity index is 2.10. The van der Waals surface area contributed by atoms with E-state index in [-0.39, 0.29) is 0 Å². The molecule has 0 N–H and O–H groups in total. The zero-order valence-corrected chi connectivity index (χ0v) is 14.5. The van der Waals surface area contributed by atoms with Crippen molar-refractivity contribution >= 4 is 14.5 Å². The Morgan fingerprint density at radius 2 is 1.23 bits per heavy atom. The van der Waals surface area contributed by atoms with Crippen LogP contribution >= 0.6 is 9.24 Å². The third kappa shape index (κ3) is 2.98. The van der Waals surface area contributed by atoms with E-state index in [1.165, 1.54) is 44.2 Å². The summed E-state index contributed by atoms with van der Waals surface area (Å²) in [7, 11) is 2.76. The fourth-order valence-electron chi connectivity index (χ4n) is 3.00. The van der Waals surface area contributed by atoms with E-state index in [0.29, 0.717) is 0 Å². The molecular formula is C21H21P. The van der Waals surface area contributed by atoms with Crippen molar-refractivity contribution in [3.63, 3.8) is 0 Å². The highest BCUT2D eigenvalue weighted by atomic mass is 31.0. The highest BCUT2D eigenvalue weighted by Gasteiger charge is 2.06. The van der Waals surface area contributed by atoms with E-state index in [1.54, 1.807) is 0 Å². The molecule has 0 saturated heterocycles. The second-order valence-corrected chi connectivity index (χ2v) is 6.64. The first-order valence-corrected chi connectivity index (χ1v) is 8.16. The smallest absolute Gasteiger partial charge is 0.0154 e. The second kappa shape index (κ2) is 6.07.